The Morgan fingerprint density at radius 3 is 2.26 bits per heavy atom. The van der Waals surface area contributed by atoms with E-state index in [1.807, 2.05) is 30.3 Å². The molecule has 1 aromatic rings. The molecule has 0 saturated heterocycles. The molecule has 5 amide bonds. The number of alkyl halides is 1. The van der Waals surface area contributed by atoms with Crippen LogP contribution in [0.2, 0.25) is 0 Å². The van der Waals surface area contributed by atoms with Crippen LogP contribution in [0.5, 0.6) is 0 Å². The van der Waals surface area contributed by atoms with Gasteiger partial charge in [-0.1, -0.05) is 50.6 Å². The maximum atomic E-state index is 12.1. The Bertz CT molecular complexity index is 967. The van der Waals surface area contributed by atoms with Crippen LogP contribution in [0.25, 0.3) is 0 Å². The Morgan fingerprint density at radius 2 is 1.67 bits per heavy atom. The van der Waals surface area contributed by atoms with Gasteiger partial charge in [0.2, 0.25) is 11.8 Å². The minimum absolute atomic E-state index is 0.00840. The maximum absolute atomic E-state index is 12.1. The molecule has 12 nitrogen and oxygen atoms in total. The van der Waals surface area contributed by atoms with Gasteiger partial charge in [-0.25, -0.2) is 14.4 Å². The van der Waals surface area contributed by atoms with Crippen molar-refractivity contribution < 1.29 is 42.6 Å². The van der Waals surface area contributed by atoms with Crippen LogP contribution >= 0.6 is 0 Å². The number of urea groups is 1. The van der Waals surface area contributed by atoms with Gasteiger partial charge in [-0.2, -0.15) is 0 Å². The molecule has 0 spiro atoms. The summed E-state index contributed by atoms with van der Waals surface area (Å²) in [6.07, 6.45) is 4.33. The van der Waals surface area contributed by atoms with Gasteiger partial charge in [0.15, 0.2) is 0 Å². The average molecular weight is 600 g/mol. The van der Waals surface area contributed by atoms with Gasteiger partial charge in [-0.15, -0.1) is 0 Å². The fraction of sp³-hybridized carbons (Fsp3) is 0.607. The molecule has 0 aromatic heterocycles. The summed E-state index contributed by atoms with van der Waals surface area (Å²) in [5, 5.41) is 12.3. The quantitative estimate of drug-likeness (QED) is 0.172. The van der Waals surface area contributed by atoms with E-state index in [2.05, 4.69) is 38.4 Å². The van der Waals surface area contributed by atoms with Crippen LogP contribution in [0.1, 0.15) is 70.8 Å². The molecule has 1 aliphatic rings. The van der Waals surface area contributed by atoms with Gasteiger partial charge in [-0.3, -0.25) is 18.9 Å². The number of rotatable bonds is 17. The summed E-state index contributed by atoms with van der Waals surface area (Å²) in [4.78, 5) is 61.1. The Labute approximate surface area is 244 Å². The first-order chi connectivity index (χ1) is 20.2. The molecule has 5 N–H and O–H groups in total. The van der Waals surface area contributed by atoms with E-state index in [-0.39, 0.29) is 37.3 Å². The minimum atomic E-state index is -1.31. The molecule has 14 heteroatoms. The summed E-state index contributed by atoms with van der Waals surface area (Å²) in [5.41, 5.74) is 1.00. The number of hydrogen-bond donors (Lipinski definition) is 5. The minimum Gasteiger partial charge on any atom is -0.445 e. The number of unbranched alkanes of at least 4 members (excludes halogenated alkanes) is 2. The second-order valence-corrected chi connectivity index (χ2v) is 9.61. The molecule has 2 rings (SSSR count). The first-order valence-corrected chi connectivity index (χ1v) is 14.2. The van der Waals surface area contributed by atoms with Gasteiger partial charge in [0.05, 0.1) is 13.2 Å². The van der Waals surface area contributed by atoms with Crippen molar-refractivity contribution in [3.05, 3.63) is 35.9 Å². The fourth-order valence-electron chi connectivity index (χ4n) is 3.38. The first kappa shape index (κ1) is 36.1. The molecule has 236 valence electrons. The SMILES string of the molecule is CCC(NC(=O)CNC(=O)NC(CCCCF)C(=O)OF)C(=O)NC1CC1.CCCCNC(=O)OCc1ccccc1. The molecule has 0 radical (unpaired) electrons. The van der Waals surface area contributed by atoms with Crippen molar-refractivity contribution in [2.75, 3.05) is 19.8 Å². The standard InChI is InChI=1S/C16H26F2N4O5.C12H17NO2/c1-2-11(14(24)20-10-6-7-10)21-13(23)9-19-16(26)22-12(15(25)27-18)5-3-4-8-17;1-2-3-9-13-12(14)15-10-11-7-5-4-6-8-11/h10-12H,2-9H2,1H3,(H,20,24)(H,21,23)(H2,19,22,26);4-8H,2-3,9-10H2,1H3,(H,13,14). The average Bonchev–Trinajstić information content (AvgIpc) is 3.82. The number of ether oxygens (including phenoxy) is 1. The summed E-state index contributed by atoms with van der Waals surface area (Å²) in [5.74, 6) is -2.18. The summed E-state index contributed by atoms with van der Waals surface area (Å²) in [7, 11) is 0. The molecule has 1 saturated carbocycles. The first-order valence-electron chi connectivity index (χ1n) is 14.2. The van der Waals surface area contributed by atoms with Crippen molar-refractivity contribution in [1.82, 2.24) is 26.6 Å². The number of hydrogen-bond acceptors (Lipinski definition) is 7. The predicted molar refractivity (Wildman–Crippen MR) is 150 cm³/mol. The highest BCUT2D eigenvalue weighted by Crippen LogP contribution is 2.18. The van der Waals surface area contributed by atoms with E-state index in [9.17, 15) is 32.9 Å². The molecular formula is C28H43F2N5O7. The second-order valence-electron chi connectivity index (χ2n) is 9.61. The highest BCUT2D eigenvalue weighted by molar-refractivity contribution is 5.90. The molecule has 1 fully saturated rings. The Hall–Kier alpha value is -3.97. The third kappa shape index (κ3) is 17.0. The maximum Gasteiger partial charge on any atom is 0.407 e. The van der Waals surface area contributed by atoms with Crippen LogP contribution in [0.4, 0.5) is 18.5 Å². The van der Waals surface area contributed by atoms with Gasteiger partial charge in [-0.05, 0) is 50.5 Å². The van der Waals surface area contributed by atoms with Crippen LogP contribution < -0.4 is 26.6 Å². The number of carbonyl (C=O) groups is 5. The second kappa shape index (κ2) is 21.7. The smallest absolute Gasteiger partial charge is 0.407 e. The van der Waals surface area contributed by atoms with E-state index in [1.54, 1.807) is 6.92 Å². The number of halogens is 2. The monoisotopic (exact) mass is 599 g/mol. The molecule has 0 aliphatic heterocycles. The van der Waals surface area contributed by atoms with E-state index in [1.165, 1.54) is 0 Å². The zero-order valence-corrected chi connectivity index (χ0v) is 24.2. The van der Waals surface area contributed by atoms with Crippen LogP contribution in [0.3, 0.4) is 0 Å². The van der Waals surface area contributed by atoms with Gasteiger partial charge in [0.25, 0.3) is 0 Å². The third-order valence-corrected chi connectivity index (χ3v) is 5.95. The number of amides is 5. The van der Waals surface area contributed by atoms with Crippen molar-refractivity contribution in [2.45, 2.75) is 89.9 Å². The normalized spacial score (nSPS) is 13.2. The van der Waals surface area contributed by atoms with Gasteiger partial charge in [0, 0.05) is 17.1 Å². The van der Waals surface area contributed by atoms with Crippen molar-refractivity contribution >= 4 is 29.9 Å². The predicted octanol–water partition coefficient (Wildman–Crippen LogP) is 3.11. The van der Waals surface area contributed by atoms with E-state index < -0.39 is 43.2 Å². The van der Waals surface area contributed by atoms with E-state index in [0.29, 0.717) is 19.6 Å². The van der Waals surface area contributed by atoms with E-state index >= 15 is 0 Å². The van der Waals surface area contributed by atoms with Crippen LogP contribution in [0, 0.1) is 0 Å². The van der Waals surface area contributed by atoms with Crippen LogP contribution in [-0.4, -0.2) is 67.8 Å². The zero-order chi connectivity index (χ0) is 31.2. The molecule has 2 unspecified atom stereocenters. The molecule has 2 atom stereocenters. The molecule has 0 bridgehead atoms. The van der Waals surface area contributed by atoms with Gasteiger partial charge in [0.1, 0.15) is 18.7 Å². The Morgan fingerprint density at radius 1 is 0.952 bits per heavy atom. The van der Waals surface area contributed by atoms with Crippen molar-refractivity contribution in [3.8, 4) is 0 Å². The van der Waals surface area contributed by atoms with E-state index in [4.69, 9.17) is 4.74 Å². The lowest BCUT2D eigenvalue weighted by Gasteiger charge is -2.18. The number of nitrogens with one attached hydrogen (secondary N) is 5. The lowest BCUT2D eigenvalue weighted by atomic mass is 10.1. The van der Waals surface area contributed by atoms with Gasteiger partial charge >= 0.3 is 18.1 Å². The van der Waals surface area contributed by atoms with Crippen LogP contribution in [0.15, 0.2) is 30.3 Å². The number of carbonyl (C=O) groups excluding carboxylic acids is 5. The molecular weight excluding hydrogens is 556 g/mol. The van der Waals surface area contributed by atoms with E-state index in [0.717, 1.165) is 31.2 Å². The van der Waals surface area contributed by atoms with Crippen molar-refractivity contribution in [1.29, 1.82) is 0 Å². The Balaban J connectivity index is 0.000000495. The van der Waals surface area contributed by atoms with Crippen molar-refractivity contribution in [2.24, 2.45) is 0 Å². The van der Waals surface area contributed by atoms with Crippen LogP contribution in [-0.2, 0) is 30.7 Å². The largest absolute Gasteiger partial charge is 0.445 e. The molecule has 1 aliphatic carbocycles. The Kier molecular flexibility index (Phi) is 18.7. The third-order valence-electron chi connectivity index (χ3n) is 5.95. The summed E-state index contributed by atoms with van der Waals surface area (Å²) >= 11 is 0. The van der Waals surface area contributed by atoms with Gasteiger partial charge < -0.3 is 31.3 Å². The molecule has 42 heavy (non-hydrogen) atoms. The highest BCUT2D eigenvalue weighted by atomic mass is 19.3. The molecule has 1 aromatic carbocycles. The topological polar surface area (TPSA) is 164 Å². The summed E-state index contributed by atoms with van der Waals surface area (Å²) in [6, 6.07) is 6.91. The lowest BCUT2D eigenvalue weighted by Crippen LogP contribution is -2.52. The zero-order valence-electron chi connectivity index (χ0n) is 24.2. The number of benzene rings is 1. The summed E-state index contributed by atoms with van der Waals surface area (Å²) < 4.78 is 29.2. The number of alkyl carbamates (subject to hydrolysis) is 1. The molecule has 0 heterocycles. The lowest BCUT2D eigenvalue weighted by molar-refractivity contribution is -0.186. The fourth-order valence-corrected chi connectivity index (χ4v) is 3.38. The highest BCUT2D eigenvalue weighted by Gasteiger charge is 2.28. The summed E-state index contributed by atoms with van der Waals surface area (Å²) in [6.45, 7) is 3.79. The van der Waals surface area contributed by atoms with Crippen molar-refractivity contribution in [3.63, 3.8) is 0 Å².